The molecule has 2 atom stereocenters. The first-order valence-electron chi connectivity index (χ1n) is 4.13. The van der Waals surface area contributed by atoms with Crippen LogP contribution in [0, 0.1) is 17.3 Å². The van der Waals surface area contributed by atoms with E-state index < -0.39 is 0 Å². The molecular weight excluding hydrogens is 120 g/mol. The Balaban J connectivity index is 2.81. The van der Waals surface area contributed by atoms with Gasteiger partial charge in [0.2, 0.25) is 0 Å². The molecule has 0 aromatic carbocycles. The van der Waals surface area contributed by atoms with Crippen LogP contribution in [0.25, 0.3) is 0 Å². The van der Waals surface area contributed by atoms with Gasteiger partial charge in [-0.1, -0.05) is 39.8 Å². The molecule has 0 N–H and O–H groups in total. The lowest BCUT2D eigenvalue weighted by Crippen LogP contribution is -2.17. The molecule has 1 rings (SSSR count). The maximum Gasteiger partial charge on any atom is -0.0203 e. The molecule has 0 spiro atoms. The molecule has 1 unspecified atom stereocenters. The van der Waals surface area contributed by atoms with E-state index in [-0.39, 0.29) is 0 Å². The molecule has 1 aliphatic rings. The average molecular weight is 138 g/mol. The molecule has 1 fully saturated rings. The zero-order chi connectivity index (χ0) is 7.94. The predicted molar refractivity (Wildman–Crippen MR) is 45.9 cm³/mol. The highest BCUT2D eigenvalue weighted by molar-refractivity contribution is 5.12. The summed E-state index contributed by atoms with van der Waals surface area (Å²) in [6, 6.07) is 0. The van der Waals surface area contributed by atoms with Crippen LogP contribution in [0.3, 0.4) is 0 Å². The van der Waals surface area contributed by atoms with Crippen molar-refractivity contribution in [2.24, 2.45) is 17.3 Å². The van der Waals surface area contributed by atoms with Gasteiger partial charge in [-0.2, -0.15) is 0 Å². The second-order valence-electron chi connectivity index (χ2n) is 4.40. The SMILES string of the molecule is C=C1CC(C)(C)[C@@H](C)C1C. The number of allylic oxidation sites excluding steroid dienone is 1. The maximum absolute atomic E-state index is 4.08. The minimum Gasteiger partial charge on any atom is -0.0996 e. The molecular formula is C10H18. The Bertz CT molecular complexity index is 153. The van der Waals surface area contributed by atoms with Crippen molar-refractivity contribution in [2.75, 3.05) is 0 Å². The summed E-state index contributed by atoms with van der Waals surface area (Å²) in [4.78, 5) is 0. The molecule has 10 heavy (non-hydrogen) atoms. The molecule has 1 saturated carbocycles. The summed E-state index contributed by atoms with van der Waals surface area (Å²) in [5.74, 6) is 1.54. The highest BCUT2D eigenvalue weighted by Crippen LogP contribution is 2.48. The van der Waals surface area contributed by atoms with Crippen molar-refractivity contribution in [3.63, 3.8) is 0 Å². The zero-order valence-corrected chi connectivity index (χ0v) is 7.57. The fraction of sp³-hybridized carbons (Fsp3) is 0.800. The number of hydrogen-bond donors (Lipinski definition) is 0. The van der Waals surface area contributed by atoms with Gasteiger partial charge < -0.3 is 0 Å². The third-order valence-electron chi connectivity index (χ3n) is 3.31. The smallest absolute Gasteiger partial charge is 0.0203 e. The van der Waals surface area contributed by atoms with Gasteiger partial charge in [-0.25, -0.2) is 0 Å². The summed E-state index contributed by atoms with van der Waals surface area (Å²) in [5.41, 5.74) is 1.94. The minimum absolute atomic E-state index is 0.497. The third kappa shape index (κ3) is 1.00. The Kier molecular flexibility index (Phi) is 1.66. The van der Waals surface area contributed by atoms with Crippen LogP contribution in [-0.2, 0) is 0 Å². The van der Waals surface area contributed by atoms with Gasteiger partial charge >= 0.3 is 0 Å². The molecule has 0 aromatic heterocycles. The normalized spacial score (nSPS) is 38.6. The highest BCUT2D eigenvalue weighted by Gasteiger charge is 2.38. The van der Waals surface area contributed by atoms with Gasteiger partial charge in [-0.05, 0) is 23.7 Å². The molecule has 0 aromatic rings. The van der Waals surface area contributed by atoms with E-state index in [2.05, 4.69) is 34.3 Å². The van der Waals surface area contributed by atoms with Crippen molar-refractivity contribution in [3.8, 4) is 0 Å². The van der Waals surface area contributed by atoms with Crippen LogP contribution in [0.4, 0.5) is 0 Å². The van der Waals surface area contributed by atoms with Crippen LogP contribution in [-0.4, -0.2) is 0 Å². The van der Waals surface area contributed by atoms with Gasteiger partial charge in [-0.15, -0.1) is 0 Å². The fourth-order valence-electron chi connectivity index (χ4n) is 1.94. The van der Waals surface area contributed by atoms with E-state index in [1.165, 1.54) is 12.0 Å². The van der Waals surface area contributed by atoms with Gasteiger partial charge in [0.05, 0.1) is 0 Å². The Hall–Kier alpha value is -0.260. The van der Waals surface area contributed by atoms with Gasteiger partial charge in [0.1, 0.15) is 0 Å². The predicted octanol–water partition coefficient (Wildman–Crippen LogP) is 3.24. The highest BCUT2D eigenvalue weighted by atomic mass is 14.4. The first-order valence-corrected chi connectivity index (χ1v) is 4.13. The van der Waals surface area contributed by atoms with Crippen molar-refractivity contribution in [1.82, 2.24) is 0 Å². The molecule has 0 radical (unpaired) electrons. The number of rotatable bonds is 0. The number of hydrogen-bond acceptors (Lipinski definition) is 0. The average Bonchev–Trinajstić information content (AvgIpc) is 1.95. The molecule has 0 saturated heterocycles. The van der Waals surface area contributed by atoms with E-state index in [0.717, 1.165) is 11.8 Å². The van der Waals surface area contributed by atoms with Crippen molar-refractivity contribution >= 4 is 0 Å². The lowest BCUT2D eigenvalue weighted by Gasteiger charge is -2.24. The third-order valence-corrected chi connectivity index (χ3v) is 3.31. The molecule has 0 amide bonds. The lowest BCUT2D eigenvalue weighted by molar-refractivity contribution is 0.248. The van der Waals surface area contributed by atoms with E-state index >= 15 is 0 Å². The van der Waals surface area contributed by atoms with E-state index in [4.69, 9.17) is 0 Å². The van der Waals surface area contributed by atoms with Crippen LogP contribution in [0.1, 0.15) is 34.1 Å². The zero-order valence-electron chi connectivity index (χ0n) is 7.57. The van der Waals surface area contributed by atoms with Crippen molar-refractivity contribution < 1.29 is 0 Å². The minimum atomic E-state index is 0.497. The van der Waals surface area contributed by atoms with Crippen LogP contribution >= 0.6 is 0 Å². The van der Waals surface area contributed by atoms with E-state index in [1.54, 1.807) is 0 Å². The van der Waals surface area contributed by atoms with Crippen LogP contribution in [0.2, 0.25) is 0 Å². The largest absolute Gasteiger partial charge is 0.0996 e. The van der Waals surface area contributed by atoms with Crippen LogP contribution < -0.4 is 0 Å². The lowest BCUT2D eigenvalue weighted by atomic mass is 9.81. The van der Waals surface area contributed by atoms with Crippen LogP contribution in [0.5, 0.6) is 0 Å². The summed E-state index contributed by atoms with van der Waals surface area (Å²) in [6.07, 6.45) is 1.22. The van der Waals surface area contributed by atoms with E-state index in [9.17, 15) is 0 Å². The standard InChI is InChI=1S/C10H18/c1-7-6-10(4,5)9(3)8(7)2/h8-9H,1,6H2,2-5H3/t8?,9-/m0/s1. The Morgan fingerprint density at radius 1 is 1.40 bits per heavy atom. The monoisotopic (exact) mass is 138 g/mol. The molecule has 0 heteroatoms. The van der Waals surface area contributed by atoms with Gasteiger partial charge in [-0.3, -0.25) is 0 Å². The van der Waals surface area contributed by atoms with Crippen molar-refractivity contribution in [3.05, 3.63) is 12.2 Å². The van der Waals surface area contributed by atoms with Gasteiger partial charge in [0, 0.05) is 0 Å². The summed E-state index contributed by atoms with van der Waals surface area (Å²) in [5, 5.41) is 0. The topological polar surface area (TPSA) is 0 Å². The summed E-state index contributed by atoms with van der Waals surface area (Å²) in [6.45, 7) is 13.4. The molecule has 0 heterocycles. The Morgan fingerprint density at radius 3 is 2.00 bits per heavy atom. The molecule has 0 nitrogen and oxygen atoms in total. The fourth-order valence-corrected chi connectivity index (χ4v) is 1.94. The Morgan fingerprint density at radius 2 is 1.90 bits per heavy atom. The summed E-state index contributed by atoms with van der Waals surface area (Å²) >= 11 is 0. The first-order chi connectivity index (χ1) is 4.45. The van der Waals surface area contributed by atoms with Gasteiger partial charge in [0.25, 0.3) is 0 Å². The molecule has 0 bridgehead atoms. The molecule has 0 aliphatic heterocycles. The van der Waals surface area contributed by atoms with Crippen LogP contribution in [0.15, 0.2) is 12.2 Å². The maximum atomic E-state index is 4.08. The van der Waals surface area contributed by atoms with E-state index in [1.807, 2.05) is 0 Å². The van der Waals surface area contributed by atoms with E-state index in [0.29, 0.717) is 5.41 Å². The van der Waals surface area contributed by atoms with Crippen molar-refractivity contribution in [2.45, 2.75) is 34.1 Å². The second kappa shape index (κ2) is 2.11. The molecule has 1 aliphatic carbocycles. The molecule has 58 valence electrons. The quantitative estimate of drug-likeness (QED) is 0.451. The van der Waals surface area contributed by atoms with Crippen molar-refractivity contribution in [1.29, 1.82) is 0 Å². The summed E-state index contributed by atoms with van der Waals surface area (Å²) in [7, 11) is 0. The first kappa shape index (κ1) is 7.84. The van der Waals surface area contributed by atoms with Gasteiger partial charge in [0.15, 0.2) is 0 Å². The Labute approximate surface area is 64.3 Å². The summed E-state index contributed by atoms with van der Waals surface area (Å²) < 4.78 is 0. The second-order valence-corrected chi connectivity index (χ2v) is 4.40.